The zero-order valence-corrected chi connectivity index (χ0v) is 12.8. The van der Waals surface area contributed by atoms with Crippen molar-refractivity contribution in [1.29, 1.82) is 0 Å². The highest BCUT2D eigenvalue weighted by atomic mass is 35.5. The molecule has 0 fully saturated rings. The molecule has 4 nitrogen and oxygen atoms in total. The molecule has 1 atom stereocenters. The first-order chi connectivity index (χ1) is 9.58. The second kappa shape index (κ2) is 5.02. The molecule has 0 bridgehead atoms. The number of benzene rings is 1. The first-order valence-electron chi connectivity index (χ1n) is 6.85. The number of rotatable bonds is 2. The minimum atomic E-state index is 0.413. The van der Waals surface area contributed by atoms with Crippen LogP contribution >= 0.6 is 11.6 Å². The van der Waals surface area contributed by atoms with Gasteiger partial charge in [0.2, 0.25) is 0 Å². The lowest BCUT2D eigenvalue weighted by atomic mass is 10.1. The molecule has 0 aliphatic carbocycles. The maximum absolute atomic E-state index is 6.38. The molecule has 0 spiro atoms. The van der Waals surface area contributed by atoms with E-state index in [4.69, 9.17) is 11.6 Å². The Kier molecular flexibility index (Phi) is 3.34. The van der Waals surface area contributed by atoms with Gasteiger partial charge in [0, 0.05) is 19.6 Å². The maximum Gasteiger partial charge on any atom is 0.0865 e. The van der Waals surface area contributed by atoms with Crippen LogP contribution in [0.15, 0.2) is 24.3 Å². The van der Waals surface area contributed by atoms with Crippen molar-refractivity contribution in [2.45, 2.75) is 26.4 Å². The second-order valence-electron chi connectivity index (χ2n) is 5.34. The summed E-state index contributed by atoms with van der Waals surface area (Å²) >= 11 is 6.38. The predicted octanol–water partition coefficient (Wildman–Crippen LogP) is 3.20. The van der Waals surface area contributed by atoms with Crippen molar-refractivity contribution >= 4 is 23.0 Å². The van der Waals surface area contributed by atoms with E-state index in [0.717, 1.165) is 29.5 Å². The molecule has 106 valence electrons. The van der Waals surface area contributed by atoms with Crippen LogP contribution in [-0.4, -0.2) is 22.4 Å². The van der Waals surface area contributed by atoms with E-state index in [-0.39, 0.29) is 0 Å². The van der Waals surface area contributed by atoms with Gasteiger partial charge in [0.15, 0.2) is 0 Å². The maximum atomic E-state index is 6.38. The third-order valence-electron chi connectivity index (χ3n) is 3.92. The van der Waals surface area contributed by atoms with Crippen LogP contribution in [0, 0.1) is 6.92 Å². The van der Waals surface area contributed by atoms with Gasteiger partial charge in [-0.15, -0.1) is 0 Å². The topological polar surface area (TPSA) is 33.1 Å². The van der Waals surface area contributed by atoms with Crippen LogP contribution in [0.25, 0.3) is 0 Å². The number of halogens is 1. The number of aryl methyl sites for hydroxylation is 2. The normalized spacial score (nSPS) is 17.8. The molecule has 1 N–H and O–H groups in total. The SMILES string of the molecule is Cc1nn(C)c(CN2c3ccccc3NCC2C)c1Cl. The smallest absolute Gasteiger partial charge is 0.0865 e. The van der Waals surface area contributed by atoms with Crippen molar-refractivity contribution in [1.82, 2.24) is 9.78 Å². The summed E-state index contributed by atoms with van der Waals surface area (Å²) in [6.45, 7) is 5.88. The van der Waals surface area contributed by atoms with Gasteiger partial charge in [-0.25, -0.2) is 0 Å². The van der Waals surface area contributed by atoms with E-state index in [9.17, 15) is 0 Å². The van der Waals surface area contributed by atoms with Gasteiger partial charge in [-0.05, 0) is 26.0 Å². The molecule has 3 rings (SSSR count). The number of hydrogen-bond donors (Lipinski definition) is 1. The zero-order chi connectivity index (χ0) is 14.3. The predicted molar refractivity (Wildman–Crippen MR) is 83.5 cm³/mol. The summed E-state index contributed by atoms with van der Waals surface area (Å²) in [5, 5.41) is 8.64. The van der Waals surface area contributed by atoms with Crippen molar-refractivity contribution < 1.29 is 0 Å². The number of nitrogens with zero attached hydrogens (tertiary/aromatic N) is 3. The summed E-state index contributed by atoms with van der Waals surface area (Å²) in [5.41, 5.74) is 4.36. The summed E-state index contributed by atoms with van der Waals surface area (Å²) in [6, 6.07) is 8.80. The molecular weight excluding hydrogens is 272 g/mol. The third kappa shape index (κ3) is 2.14. The minimum Gasteiger partial charge on any atom is -0.381 e. The van der Waals surface area contributed by atoms with Gasteiger partial charge in [-0.2, -0.15) is 5.10 Å². The van der Waals surface area contributed by atoms with E-state index >= 15 is 0 Å². The fourth-order valence-corrected chi connectivity index (χ4v) is 2.95. The molecular formula is C15H19ClN4. The van der Waals surface area contributed by atoms with Gasteiger partial charge >= 0.3 is 0 Å². The number of hydrogen-bond acceptors (Lipinski definition) is 3. The highest BCUT2D eigenvalue weighted by Crippen LogP contribution is 2.33. The Labute approximate surface area is 124 Å². The number of anilines is 2. The molecule has 0 saturated heterocycles. The van der Waals surface area contributed by atoms with E-state index in [1.165, 1.54) is 11.4 Å². The van der Waals surface area contributed by atoms with E-state index in [2.05, 4.69) is 46.5 Å². The van der Waals surface area contributed by atoms with Gasteiger partial charge in [0.25, 0.3) is 0 Å². The molecule has 1 aromatic carbocycles. The highest BCUT2D eigenvalue weighted by molar-refractivity contribution is 6.31. The second-order valence-corrected chi connectivity index (χ2v) is 5.72. The number of fused-ring (bicyclic) bond motifs is 1. The molecule has 0 saturated carbocycles. The van der Waals surface area contributed by atoms with Crippen LogP contribution in [0.5, 0.6) is 0 Å². The van der Waals surface area contributed by atoms with Crippen molar-refractivity contribution in [2.75, 3.05) is 16.8 Å². The van der Waals surface area contributed by atoms with E-state index < -0.39 is 0 Å². The van der Waals surface area contributed by atoms with E-state index in [1.54, 1.807) is 0 Å². The summed E-state index contributed by atoms with van der Waals surface area (Å²) < 4.78 is 1.88. The van der Waals surface area contributed by atoms with Gasteiger partial charge in [0.1, 0.15) is 0 Å². The largest absolute Gasteiger partial charge is 0.381 e. The lowest BCUT2D eigenvalue weighted by molar-refractivity contribution is 0.608. The summed E-state index contributed by atoms with van der Waals surface area (Å²) in [4.78, 5) is 2.38. The molecule has 1 aliphatic rings. The molecule has 2 heterocycles. The molecule has 1 aliphatic heterocycles. The lowest BCUT2D eigenvalue weighted by Crippen LogP contribution is -2.42. The van der Waals surface area contributed by atoms with Crippen LogP contribution in [0.3, 0.4) is 0 Å². The first-order valence-corrected chi connectivity index (χ1v) is 7.23. The Morgan fingerprint density at radius 3 is 2.85 bits per heavy atom. The van der Waals surface area contributed by atoms with Crippen molar-refractivity contribution in [3.05, 3.63) is 40.7 Å². The molecule has 1 aromatic heterocycles. The first kappa shape index (κ1) is 13.3. The average molecular weight is 291 g/mol. The molecule has 0 amide bonds. The fourth-order valence-electron chi connectivity index (χ4n) is 2.73. The van der Waals surface area contributed by atoms with Crippen molar-refractivity contribution in [2.24, 2.45) is 7.05 Å². The molecule has 0 radical (unpaired) electrons. The Balaban J connectivity index is 1.98. The fraction of sp³-hybridized carbons (Fsp3) is 0.400. The number of para-hydroxylation sites is 2. The summed E-state index contributed by atoms with van der Waals surface area (Å²) in [7, 11) is 1.95. The average Bonchev–Trinajstić information content (AvgIpc) is 2.68. The Morgan fingerprint density at radius 1 is 1.40 bits per heavy atom. The van der Waals surface area contributed by atoms with Crippen LogP contribution in [0.1, 0.15) is 18.3 Å². The summed E-state index contributed by atoms with van der Waals surface area (Å²) in [6.07, 6.45) is 0. The van der Waals surface area contributed by atoms with Crippen LogP contribution in [-0.2, 0) is 13.6 Å². The molecule has 20 heavy (non-hydrogen) atoms. The molecule has 5 heteroatoms. The van der Waals surface area contributed by atoms with Gasteiger partial charge < -0.3 is 10.2 Å². The Morgan fingerprint density at radius 2 is 2.15 bits per heavy atom. The monoisotopic (exact) mass is 290 g/mol. The standard InChI is InChI=1S/C15H19ClN4/c1-10-8-17-12-6-4-5-7-13(12)20(10)9-14-15(16)11(2)18-19(14)3/h4-7,10,17H,8-9H2,1-3H3. The number of nitrogens with one attached hydrogen (secondary N) is 1. The van der Waals surface area contributed by atoms with Crippen molar-refractivity contribution in [3.63, 3.8) is 0 Å². The van der Waals surface area contributed by atoms with E-state index in [0.29, 0.717) is 6.04 Å². The quantitative estimate of drug-likeness (QED) is 0.922. The van der Waals surface area contributed by atoms with E-state index in [1.807, 2.05) is 18.7 Å². The van der Waals surface area contributed by atoms with Crippen molar-refractivity contribution in [3.8, 4) is 0 Å². The Hall–Kier alpha value is -1.68. The van der Waals surface area contributed by atoms with Gasteiger partial charge in [0.05, 0.1) is 34.3 Å². The Bertz CT molecular complexity index is 635. The van der Waals surface area contributed by atoms with Gasteiger partial charge in [-0.1, -0.05) is 23.7 Å². The van der Waals surface area contributed by atoms with Crippen LogP contribution < -0.4 is 10.2 Å². The highest BCUT2D eigenvalue weighted by Gasteiger charge is 2.24. The lowest BCUT2D eigenvalue weighted by Gasteiger charge is -2.37. The molecule has 1 unspecified atom stereocenters. The summed E-state index contributed by atoms with van der Waals surface area (Å²) in [5.74, 6) is 0. The number of aromatic nitrogens is 2. The third-order valence-corrected chi connectivity index (χ3v) is 4.41. The van der Waals surface area contributed by atoms with Crippen LogP contribution in [0.4, 0.5) is 11.4 Å². The van der Waals surface area contributed by atoms with Crippen LogP contribution in [0.2, 0.25) is 5.02 Å². The zero-order valence-electron chi connectivity index (χ0n) is 12.0. The molecule has 2 aromatic rings. The minimum absolute atomic E-state index is 0.413. The van der Waals surface area contributed by atoms with Gasteiger partial charge in [-0.3, -0.25) is 4.68 Å².